The van der Waals surface area contributed by atoms with Gasteiger partial charge in [0.1, 0.15) is 23.5 Å². The molecule has 0 N–H and O–H groups in total. The minimum absolute atomic E-state index is 0.122. The molecule has 1 saturated heterocycles. The molecule has 0 bridgehead atoms. The molecule has 0 radical (unpaired) electrons. The zero-order valence-corrected chi connectivity index (χ0v) is 14.0. The van der Waals surface area contributed by atoms with Gasteiger partial charge in [-0.1, -0.05) is 6.92 Å². The highest BCUT2D eigenvalue weighted by molar-refractivity contribution is 8.00. The van der Waals surface area contributed by atoms with Gasteiger partial charge in [-0.05, 0) is 30.0 Å². The van der Waals surface area contributed by atoms with E-state index in [2.05, 4.69) is 6.92 Å². The third kappa shape index (κ3) is 4.74. The summed E-state index contributed by atoms with van der Waals surface area (Å²) in [7, 11) is 1.64. The van der Waals surface area contributed by atoms with Crippen LogP contribution in [0.2, 0.25) is 0 Å². The van der Waals surface area contributed by atoms with E-state index in [1.165, 1.54) is 0 Å². The summed E-state index contributed by atoms with van der Waals surface area (Å²) in [5, 5.41) is 0.122. The van der Waals surface area contributed by atoms with Crippen LogP contribution in [0.5, 0.6) is 11.5 Å². The Kier molecular flexibility index (Phi) is 6.57. The van der Waals surface area contributed by atoms with Gasteiger partial charge < -0.3 is 14.4 Å². The van der Waals surface area contributed by atoms with E-state index in [9.17, 15) is 4.79 Å². The van der Waals surface area contributed by atoms with Gasteiger partial charge in [-0.3, -0.25) is 4.79 Å². The first-order chi connectivity index (χ1) is 10.2. The Morgan fingerprint density at radius 3 is 2.76 bits per heavy atom. The lowest BCUT2D eigenvalue weighted by Crippen LogP contribution is -2.39. The van der Waals surface area contributed by atoms with Gasteiger partial charge in [-0.25, -0.2) is 0 Å². The summed E-state index contributed by atoms with van der Waals surface area (Å²) in [6.07, 6.45) is 0. The Bertz CT molecular complexity index is 453. The minimum Gasteiger partial charge on any atom is -0.497 e. The number of rotatable bonds is 7. The Hall–Kier alpha value is -1.01. The summed E-state index contributed by atoms with van der Waals surface area (Å²) in [4.78, 5) is 14.1. The topological polar surface area (TPSA) is 38.8 Å². The highest BCUT2D eigenvalue weighted by Gasteiger charge is 2.29. The summed E-state index contributed by atoms with van der Waals surface area (Å²) < 4.78 is 10.9. The standard InChI is InChI=1S/C15H21NO3S2/c1-3-20-11-14(17)16-8-9-21-15(16)10-19-13-6-4-12(18-2)5-7-13/h4-7,15H,3,8-11H2,1-2H3. The average Bonchev–Trinajstić information content (AvgIpc) is 2.99. The molecule has 1 heterocycles. The number of carbonyl (C=O) groups excluding carboxylic acids is 1. The molecule has 0 aromatic heterocycles. The molecule has 0 aliphatic carbocycles. The van der Waals surface area contributed by atoms with E-state index in [1.54, 1.807) is 30.6 Å². The van der Waals surface area contributed by atoms with Crippen LogP contribution < -0.4 is 9.47 Å². The van der Waals surface area contributed by atoms with Crippen molar-refractivity contribution in [3.63, 3.8) is 0 Å². The number of benzene rings is 1. The number of methoxy groups -OCH3 is 1. The fourth-order valence-electron chi connectivity index (χ4n) is 2.06. The van der Waals surface area contributed by atoms with Crippen molar-refractivity contribution in [1.29, 1.82) is 0 Å². The van der Waals surface area contributed by atoms with Crippen LogP contribution in [0.15, 0.2) is 24.3 Å². The molecular weight excluding hydrogens is 306 g/mol. The number of hydrogen-bond donors (Lipinski definition) is 0. The third-order valence-corrected chi connectivity index (χ3v) is 5.25. The van der Waals surface area contributed by atoms with Crippen molar-refractivity contribution in [3.05, 3.63) is 24.3 Å². The normalized spacial score (nSPS) is 17.8. The van der Waals surface area contributed by atoms with Crippen molar-refractivity contribution < 1.29 is 14.3 Å². The monoisotopic (exact) mass is 327 g/mol. The molecule has 1 aliphatic heterocycles. The minimum atomic E-state index is 0.122. The van der Waals surface area contributed by atoms with Crippen LogP contribution in [0.25, 0.3) is 0 Å². The Morgan fingerprint density at radius 1 is 1.38 bits per heavy atom. The van der Waals surface area contributed by atoms with E-state index in [-0.39, 0.29) is 11.3 Å². The van der Waals surface area contributed by atoms with Crippen molar-refractivity contribution in [1.82, 2.24) is 4.90 Å². The zero-order valence-electron chi connectivity index (χ0n) is 12.4. The predicted octanol–water partition coefficient (Wildman–Crippen LogP) is 2.73. The number of nitrogens with zero attached hydrogens (tertiary/aromatic N) is 1. The number of hydrogen-bond acceptors (Lipinski definition) is 5. The first kappa shape index (κ1) is 16.4. The van der Waals surface area contributed by atoms with Gasteiger partial charge in [-0.2, -0.15) is 11.8 Å². The molecule has 1 fully saturated rings. The van der Waals surface area contributed by atoms with Gasteiger partial charge >= 0.3 is 0 Å². The first-order valence-electron chi connectivity index (χ1n) is 7.00. The predicted molar refractivity (Wildman–Crippen MR) is 89.4 cm³/mol. The summed E-state index contributed by atoms with van der Waals surface area (Å²) >= 11 is 3.45. The van der Waals surface area contributed by atoms with Gasteiger partial charge in [-0.15, -0.1) is 11.8 Å². The maximum atomic E-state index is 12.1. The SMILES string of the molecule is CCSCC(=O)N1CCSC1COc1ccc(OC)cc1. The molecule has 116 valence electrons. The van der Waals surface area contributed by atoms with E-state index in [4.69, 9.17) is 9.47 Å². The molecule has 1 aliphatic rings. The first-order valence-corrected chi connectivity index (χ1v) is 9.20. The maximum absolute atomic E-state index is 12.1. The van der Waals surface area contributed by atoms with E-state index in [1.807, 2.05) is 29.2 Å². The van der Waals surface area contributed by atoms with Gasteiger partial charge in [0, 0.05) is 12.3 Å². The molecule has 2 rings (SSSR count). The summed E-state index contributed by atoms with van der Waals surface area (Å²) in [5.74, 6) is 4.36. The van der Waals surface area contributed by atoms with Crippen LogP contribution in [-0.4, -0.2) is 53.7 Å². The lowest BCUT2D eigenvalue weighted by Gasteiger charge is -2.23. The van der Waals surface area contributed by atoms with Gasteiger partial charge in [0.2, 0.25) is 5.91 Å². The summed E-state index contributed by atoms with van der Waals surface area (Å²) in [6, 6.07) is 7.52. The lowest BCUT2D eigenvalue weighted by molar-refractivity contribution is -0.128. The highest BCUT2D eigenvalue weighted by Crippen LogP contribution is 2.26. The van der Waals surface area contributed by atoms with E-state index in [0.717, 1.165) is 29.5 Å². The molecule has 4 nitrogen and oxygen atoms in total. The lowest BCUT2D eigenvalue weighted by atomic mass is 10.3. The molecule has 6 heteroatoms. The molecule has 1 aromatic carbocycles. The second-order valence-electron chi connectivity index (χ2n) is 4.54. The van der Waals surface area contributed by atoms with Crippen molar-refractivity contribution in [2.45, 2.75) is 12.3 Å². The summed E-state index contributed by atoms with van der Waals surface area (Å²) in [6.45, 7) is 3.42. The van der Waals surface area contributed by atoms with Gasteiger partial charge in [0.25, 0.3) is 0 Å². The van der Waals surface area contributed by atoms with Gasteiger partial charge in [0.15, 0.2) is 0 Å². The number of carbonyl (C=O) groups is 1. The molecule has 0 saturated carbocycles. The van der Waals surface area contributed by atoms with Crippen LogP contribution in [0.1, 0.15) is 6.92 Å². The molecule has 1 amide bonds. The Morgan fingerprint density at radius 2 is 2.10 bits per heavy atom. The number of amides is 1. The van der Waals surface area contributed by atoms with E-state index < -0.39 is 0 Å². The van der Waals surface area contributed by atoms with Gasteiger partial charge in [0.05, 0.1) is 12.9 Å². The molecule has 1 aromatic rings. The number of thioether (sulfide) groups is 2. The second kappa shape index (κ2) is 8.44. The van der Waals surface area contributed by atoms with Crippen LogP contribution in [0.4, 0.5) is 0 Å². The quantitative estimate of drug-likeness (QED) is 0.770. The Balaban J connectivity index is 1.84. The highest BCUT2D eigenvalue weighted by atomic mass is 32.2. The fraction of sp³-hybridized carbons (Fsp3) is 0.533. The molecular formula is C15H21NO3S2. The van der Waals surface area contributed by atoms with Crippen molar-refractivity contribution in [2.24, 2.45) is 0 Å². The number of ether oxygens (including phenoxy) is 2. The van der Waals surface area contributed by atoms with E-state index in [0.29, 0.717) is 12.4 Å². The van der Waals surface area contributed by atoms with Crippen LogP contribution in [-0.2, 0) is 4.79 Å². The zero-order chi connectivity index (χ0) is 15.1. The molecule has 1 atom stereocenters. The molecule has 1 unspecified atom stereocenters. The second-order valence-corrected chi connectivity index (χ2v) is 7.10. The van der Waals surface area contributed by atoms with Crippen molar-refractivity contribution in [2.75, 3.05) is 37.5 Å². The van der Waals surface area contributed by atoms with Crippen LogP contribution >= 0.6 is 23.5 Å². The largest absolute Gasteiger partial charge is 0.497 e. The summed E-state index contributed by atoms with van der Waals surface area (Å²) in [5.41, 5.74) is 0. The average molecular weight is 327 g/mol. The van der Waals surface area contributed by atoms with Crippen LogP contribution in [0.3, 0.4) is 0 Å². The smallest absolute Gasteiger partial charge is 0.233 e. The van der Waals surface area contributed by atoms with E-state index >= 15 is 0 Å². The van der Waals surface area contributed by atoms with Crippen molar-refractivity contribution in [3.8, 4) is 11.5 Å². The molecule has 0 spiro atoms. The molecule has 21 heavy (non-hydrogen) atoms. The van der Waals surface area contributed by atoms with Crippen LogP contribution in [0, 0.1) is 0 Å². The van der Waals surface area contributed by atoms with Crippen molar-refractivity contribution >= 4 is 29.4 Å². The fourth-order valence-corrected chi connectivity index (χ4v) is 3.74. The maximum Gasteiger partial charge on any atom is 0.233 e. The third-order valence-electron chi connectivity index (χ3n) is 3.19. The Labute approximate surface area is 134 Å².